The van der Waals surface area contributed by atoms with Crippen LogP contribution in [0.2, 0.25) is 0 Å². The molecule has 0 aliphatic carbocycles. The van der Waals surface area contributed by atoms with Gasteiger partial charge in [0.25, 0.3) is 5.69 Å². The van der Waals surface area contributed by atoms with Crippen LogP contribution in [0.5, 0.6) is 0 Å². The Morgan fingerprint density at radius 1 is 1.06 bits per heavy atom. The molecule has 0 aliphatic rings. The number of hydrogen-bond donors (Lipinski definition) is 1. The predicted octanol–water partition coefficient (Wildman–Crippen LogP) is 6.08. The van der Waals surface area contributed by atoms with Crippen molar-refractivity contribution in [3.8, 4) is 5.69 Å². The highest BCUT2D eigenvalue weighted by molar-refractivity contribution is 5.83. The van der Waals surface area contributed by atoms with Gasteiger partial charge in [-0.15, -0.1) is 0 Å². The molecule has 162 valence electrons. The first-order valence-electron chi connectivity index (χ1n) is 9.40. The molecule has 0 aliphatic heterocycles. The van der Waals surface area contributed by atoms with Gasteiger partial charge in [-0.1, -0.05) is 17.7 Å². The first-order chi connectivity index (χ1) is 14.5. The van der Waals surface area contributed by atoms with Crippen molar-refractivity contribution >= 4 is 17.6 Å². The standard InChI is InChI=1S/C22H21F3N4O2/c1-13-5-8-20(14(2)9-13)28-15(3)10-17(16(28)4)12-26-27-19-7-6-18(22(23,24)25)11-21(19)29(30)31/h5-12,27H,1-4H3/b26-12-. The second-order valence-electron chi connectivity index (χ2n) is 7.31. The average molecular weight is 430 g/mol. The van der Waals surface area contributed by atoms with E-state index >= 15 is 0 Å². The summed E-state index contributed by atoms with van der Waals surface area (Å²) in [5.74, 6) is 0. The summed E-state index contributed by atoms with van der Waals surface area (Å²) in [6, 6.07) is 10.3. The molecule has 9 heteroatoms. The SMILES string of the molecule is Cc1ccc(-n2c(C)cc(/C=N\Nc3ccc(C(F)(F)F)cc3[N+](=O)[O-])c2C)c(C)c1. The molecular formula is C22H21F3N4O2. The Balaban J connectivity index is 1.90. The van der Waals surface area contributed by atoms with Gasteiger partial charge in [0.05, 0.1) is 16.7 Å². The summed E-state index contributed by atoms with van der Waals surface area (Å²) < 4.78 is 40.6. The molecule has 0 bridgehead atoms. The lowest BCUT2D eigenvalue weighted by atomic mass is 10.1. The number of anilines is 1. The van der Waals surface area contributed by atoms with Gasteiger partial charge >= 0.3 is 6.18 Å². The van der Waals surface area contributed by atoms with Crippen LogP contribution in [0.3, 0.4) is 0 Å². The van der Waals surface area contributed by atoms with Crippen molar-refractivity contribution in [2.24, 2.45) is 5.10 Å². The highest BCUT2D eigenvalue weighted by Crippen LogP contribution is 2.35. The van der Waals surface area contributed by atoms with Gasteiger partial charge < -0.3 is 4.57 Å². The minimum absolute atomic E-state index is 0.127. The van der Waals surface area contributed by atoms with Crippen LogP contribution in [0.25, 0.3) is 5.69 Å². The zero-order valence-corrected chi connectivity index (χ0v) is 17.4. The molecule has 1 aromatic heterocycles. The van der Waals surface area contributed by atoms with Gasteiger partial charge in [0, 0.05) is 28.7 Å². The molecule has 0 radical (unpaired) electrons. The van der Waals surface area contributed by atoms with E-state index < -0.39 is 22.4 Å². The Bertz CT molecular complexity index is 1180. The molecule has 1 N–H and O–H groups in total. The molecule has 6 nitrogen and oxygen atoms in total. The largest absolute Gasteiger partial charge is 0.416 e. The van der Waals surface area contributed by atoms with E-state index in [0.717, 1.165) is 45.9 Å². The van der Waals surface area contributed by atoms with Crippen LogP contribution < -0.4 is 5.43 Å². The molecule has 0 fully saturated rings. The van der Waals surface area contributed by atoms with Crippen LogP contribution in [0, 0.1) is 37.8 Å². The van der Waals surface area contributed by atoms with Crippen molar-refractivity contribution in [3.63, 3.8) is 0 Å². The molecule has 0 unspecified atom stereocenters. The number of benzene rings is 2. The van der Waals surface area contributed by atoms with Gasteiger partial charge in [-0.2, -0.15) is 18.3 Å². The zero-order valence-electron chi connectivity index (χ0n) is 17.4. The fourth-order valence-electron chi connectivity index (χ4n) is 3.47. The summed E-state index contributed by atoms with van der Waals surface area (Å²) in [6.45, 7) is 7.93. The molecule has 0 saturated heterocycles. The van der Waals surface area contributed by atoms with E-state index in [9.17, 15) is 23.3 Å². The molecule has 3 rings (SSSR count). The van der Waals surface area contributed by atoms with Gasteiger partial charge in [0.2, 0.25) is 0 Å². The summed E-state index contributed by atoms with van der Waals surface area (Å²) in [4.78, 5) is 10.3. The Kier molecular flexibility index (Phi) is 5.88. The lowest BCUT2D eigenvalue weighted by Gasteiger charge is -2.13. The third kappa shape index (κ3) is 4.60. The number of aromatic nitrogens is 1. The quantitative estimate of drug-likeness (QED) is 0.303. The zero-order chi connectivity index (χ0) is 22.9. The number of nitrogens with one attached hydrogen (secondary N) is 1. The van der Waals surface area contributed by atoms with Gasteiger partial charge in [0.15, 0.2) is 0 Å². The van der Waals surface area contributed by atoms with E-state index in [1.54, 1.807) is 0 Å². The van der Waals surface area contributed by atoms with E-state index in [4.69, 9.17) is 0 Å². The second-order valence-corrected chi connectivity index (χ2v) is 7.31. The normalized spacial score (nSPS) is 11.8. The van der Waals surface area contributed by atoms with Crippen LogP contribution in [-0.2, 0) is 6.18 Å². The number of nitro groups is 1. The summed E-state index contributed by atoms with van der Waals surface area (Å²) in [5.41, 5.74) is 6.54. The topological polar surface area (TPSA) is 72.5 Å². The molecule has 0 amide bonds. The van der Waals surface area contributed by atoms with E-state index in [1.165, 1.54) is 6.21 Å². The summed E-state index contributed by atoms with van der Waals surface area (Å²) in [7, 11) is 0. The number of nitrogens with zero attached hydrogens (tertiary/aromatic N) is 3. The van der Waals surface area contributed by atoms with E-state index in [0.29, 0.717) is 6.07 Å². The highest BCUT2D eigenvalue weighted by atomic mass is 19.4. The molecule has 0 saturated carbocycles. The van der Waals surface area contributed by atoms with Gasteiger partial charge in [-0.05, 0) is 57.5 Å². The fourth-order valence-corrected chi connectivity index (χ4v) is 3.47. The molecule has 2 aromatic carbocycles. The van der Waals surface area contributed by atoms with Crippen molar-refractivity contribution < 1.29 is 18.1 Å². The van der Waals surface area contributed by atoms with Crippen molar-refractivity contribution in [1.29, 1.82) is 0 Å². The van der Waals surface area contributed by atoms with Gasteiger partial charge in [-0.25, -0.2) is 0 Å². The van der Waals surface area contributed by atoms with Crippen LogP contribution in [0.1, 0.15) is 33.6 Å². The summed E-state index contributed by atoms with van der Waals surface area (Å²) in [5, 5.41) is 15.2. The summed E-state index contributed by atoms with van der Waals surface area (Å²) in [6.07, 6.45) is -3.18. The van der Waals surface area contributed by atoms with E-state index in [2.05, 4.69) is 21.2 Å². The lowest BCUT2D eigenvalue weighted by Crippen LogP contribution is -2.06. The Morgan fingerprint density at radius 3 is 2.39 bits per heavy atom. The van der Waals surface area contributed by atoms with Crippen molar-refractivity contribution in [2.75, 3.05) is 5.43 Å². The van der Waals surface area contributed by atoms with Crippen molar-refractivity contribution in [1.82, 2.24) is 4.57 Å². The average Bonchev–Trinajstić information content (AvgIpc) is 2.95. The third-order valence-electron chi connectivity index (χ3n) is 4.97. The minimum atomic E-state index is -4.67. The second kappa shape index (κ2) is 8.25. The fraction of sp³-hybridized carbons (Fsp3) is 0.227. The first kappa shape index (κ1) is 22.1. The Morgan fingerprint density at radius 2 is 1.77 bits per heavy atom. The molecule has 0 atom stereocenters. The predicted molar refractivity (Wildman–Crippen MR) is 114 cm³/mol. The number of hydrazone groups is 1. The molecule has 31 heavy (non-hydrogen) atoms. The van der Waals surface area contributed by atoms with Crippen LogP contribution in [0.4, 0.5) is 24.5 Å². The minimum Gasteiger partial charge on any atom is -0.318 e. The number of halogens is 3. The maximum absolute atomic E-state index is 12.8. The third-order valence-corrected chi connectivity index (χ3v) is 4.97. The number of rotatable bonds is 5. The van der Waals surface area contributed by atoms with E-state index in [1.807, 2.05) is 45.9 Å². The Labute approximate surface area is 177 Å². The molecule has 0 spiro atoms. The molecular weight excluding hydrogens is 409 g/mol. The maximum atomic E-state index is 12.8. The number of hydrogen-bond acceptors (Lipinski definition) is 4. The maximum Gasteiger partial charge on any atom is 0.416 e. The van der Waals surface area contributed by atoms with Crippen LogP contribution in [0.15, 0.2) is 47.6 Å². The smallest absolute Gasteiger partial charge is 0.318 e. The van der Waals surface area contributed by atoms with Gasteiger partial charge in [-0.3, -0.25) is 15.5 Å². The Hall–Kier alpha value is -3.62. The van der Waals surface area contributed by atoms with E-state index in [-0.39, 0.29) is 5.69 Å². The highest BCUT2D eigenvalue weighted by Gasteiger charge is 2.33. The number of aryl methyl sites for hydroxylation is 3. The summed E-state index contributed by atoms with van der Waals surface area (Å²) >= 11 is 0. The van der Waals surface area contributed by atoms with Crippen molar-refractivity contribution in [3.05, 3.63) is 86.2 Å². The molecule has 1 heterocycles. The first-order valence-corrected chi connectivity index (χ1v) is 9.40. The number of nitro benzene ring substituents is 1. The monoisotopic (exact) mass is 430 g/mol. The molecule has 3 aromatic rings. The van der Waals surface area contributed by atoms with Crippen molar-refractivity contribution in [2.45, 2.75) is 33.9 Å². The van der Waals surface area contributed by atoms with Crippen LogP contribution in [-0.4, -0.2) is 15.7 Å². The number of alkyl halides is 3. The van der Waals surface area contributed by atoms with Gasteiger partial charge in [0.1, 0.15) is 5.69 Å². The lowest BCUT2D eigenvalue weighted by molar-refractivity contribution is -0.384. The van der Waals surface area contributed by atoms with Crippen LogP contribution >= 0.6 is 0 Å².